The molecule has 10 heteroatoms. The van der Waals surface area contributed by atoms with Crippen LogP contribution in [-0.2, 0) is 9.59 Å². The molecule has 2 fully saturated rings. The van der Waals surface area contributed by atoms with Gasteiger partial charge in [0.1, 0.15) is 0 Å². The van der Waals surface area contributed by atoms with Crippen LogP contribution >= 0.6 is 94.1 Å². The second-order valence-corrected chi connectivity index (χ2v) is 20.2. The van der Waals surface area contributed by atoms with E-state index in [1.54, 1.807) is 13.8 Å². The minimum absolute atomic E-state index is 0.131. The normalized spacial score (nSPS) is 24.7. The summed E-state index contributed by atoms with van der Waals surface area (Å²) in [5.41, 5.74) is 4.09. The Balaban J connectivity index is 1.34. The summed E-state index contributed by atoms with van der Waals surface area (Å²) in [6.45, 7) is 15.7. The highest BCUT2D eigenvalue weighted by Crippen LogP contribution is 2.45. The van der Waals surface area contributed by atoms with E-state index >= 15 is 0 Å². The number of benzene rings is 1. The zero-order chi connectivity index (χ0) is 27.7. The summed E-state index contributed by atoms with van der Waals surface area (Å²) in [5.74, 6) is 6.33. The highest BCUT2D eigenvalue weighted by Gasteiger charge is 2.28. The summed E-state index contributed by atoms with van der Waals surface area (Å²) in [6.07, 6.45) is 0. The van der Waals surface area contributed by atoms with E-state index in [2.05, 4.69) is 51.3 Å². The average Bonchev–Trinajstić information content (AvgIpc) is 3.56. The third kappa shape index (κ3) is 11.3. The van der Waals surface area contributed by atoms with Gasteiger partial charge in [-0.15, -0.1) is 47.0 Å². The highest BCUT2D eigenvalue weighted by molar-refractivity contribution is 8.23. The zero-order valence-electron chi connectivity index (χ0n) is 22.5. The summed E-state index contributed by atoms with van der Waals surface area (Å²) >= 11 is 15.1. The van der Waals surface area contributed by atoms with E-state index in [0.29, 0.717) is 41.3 Å². The Labute approximate surface area is 263 Å². The van der Waals surface area contributed by atoms with Gasteiger partial charge >= 0.3 is 0 Å². The van der Waals surface area contributed by atoms with Gasteiger partial charge < -0.3 is 0 Å². The first-order chi connectivity index (χ1) is 18.1. The van der Waals surface area contributed by atoms with Crippen LogP contribution in [0.25, 0.3) is 0 Å². The maximum absolute atomic E-state index is 11.8. The highest BCUT2D eigenvalue weighted by atomic mass is 32.2. The molecule has 0 saturated carbocycles. The van der Waals surface area contributed by atoms with E-state index in [4.69, 9.17) is 0 Å². The lowest BCUT2D eigenvalue weighted by molar-refractivity contribution is -0.108. The van der Waals surface area contributed by atoms with E-state index in [1.807, 2.05) is 70.6 Å². The van der Waals surface area contributed by atoms with Crippen molar-refractivity contribution in [1.29, 1.82) is 0 Å². The Hall–Kier alpha value is 0.840. The second-order valence-electron chi connectivity index (χ2n) is 9.42. The molecule has 0 radical (unpaired) electrons. The van der Waals surface area contributed by atoms with Gasteiger partial charge in [0.2, 0.25) is 10.2 Å². The standard InChI is InChI=1S/C28H38O2S8/c1-17(2)27(29)35-13-23-11-33-25(37-23)15-31-19(5)21-7-9-22(10-8-21)20(6)32-16-26-34-12-24(38-26)14-36-28(30)18(3)4/h7-10,19-20,23-26H,1,3,11-16H2,2,4-6H3. The molecule has 210 valence electrons. The van der Waals surface area contributed by atoms with Crippen LogP contribution in [0, 0.1) is 0 Å². The van der Waals surface area contributed by atoms with Crippen molar-refractivity contribution in [1.82, 2.24) is 0 Å². The second kappa shape index (κ2) is 17.1. The van der Waals surface area contributed by atoms with E-state index in [1.165, 1.54) is 34.7 Å². The third-order valence-electron chi connectivity index (χ3n) is 5.96. The molecular weight excluding hydrogens is 625 g/mol. The van der Waals surface area contributed by atoms with Crippen molar-refractivity contribution in [2.24, 2.45) is 0 Å². The smallest absolute Gasteiger partial charge is 0.214 e. The number of hydrogen-bond acceptors (Lipinski definition) is 10. The third-order valence-corrected chi connectivity index (χ3v) is 18.7. The lowest BCUT2D eigenvalue weighted by Crippen LogP contribution is -2.08. The first-order valence-electron chi connectivity index (χ1n) is 12.6. The van der Waals surface area contributed by atoms with Gasteiger partial charge in [-0.25, -0.2) is 0 Å². The molecule has 0 N–H and O–H groups in total. The molecule has 2 heterocycles. The van der Waals surface area contributed by atoms with Crippen molar-refractivity contribution in [3.8, 4) is 0 Å². The molecule has 0 bridgehead atoms. The Morgan fingerprint density at radius 1 is 0.763 bits per heavy atom. The molecule has 6 unspecified atom stereocenters. The molecule has 1 aromatic rings. The largest absolute Gasteiger partial charge is 0.282 e. The van der Waals surface area contributed by atoms with Crippen LogP contribution in [0.2, 0.25) is 0 Å². The number of thioether (sulfide) groups is 8. The Bertz CT molecular complexity index is 889. The van der Waals surface area contributed by atoms with E-state index in [-0.39, 0.29) is 10.2 Å². The van der Waals surface area contributed by atoms with Gasteiger partial charge in [-0.05, 0) is 50.0 Å². The predicted octanol–water partition coefficient (Wildman–Crippen LogP) is 9.30. The van der Waals surface area contributed by atoms with Gasteiger partial charge in [-0.2, -0.15) is 23.5 Å². The fraction of sp³-hybridized carbons (Fsp3) is 0.571. The van der Waals surface area contributed by atoms with Crippen molar-refractivity contribution in [2.45, 2.75) is 57.9 Å². The minimum atomic E-state index is 0.131. The summed E-state index contributed by atoms with van der Waals surface area (Å²) in [5, 5.41) is 2.33. The van der Waals surface area contributed by atoms with Gasteiger partial charge in [0, 0.05) is 55.5 Å². The molecule has 2 aliphatic rings. The molecule has 3 rings (SSSR count). The molecule has 38 heavy (non-hydrogen) atoms. The van der Waals surface area contributed by atoms with Gasteiger partial charge in [0.25, 0.3) is 0 Å². The summed E-state index contributed by atoms with van der Waals surface area (Å²) in [4.78, 5) is 23.6. The van der Waals surface area contributed by atoms with Gasteiger partial charge in [-0.1, -0.05) is 60.9 Å². The maximum atomic E-state index is 11.8. The van der Waals surface area contributed by atoms with Gasteiger partial charge in [-0.3, -0.25) is 9.59 Å². The number of rotatable bonds is 14. The first-order valence-corrected chi connectivity index (χ1v) is 20.7. The molecule has 0 aromatic heterocycles. The first kappa shape index (κ1) is 33.3. The van der Waals surface area contributed by atoms with Crippen LogP contribution in [0.3, 0.4) is 0 Å². The Morgan fingerprint density at radius 2 is 1.13 bits per heavy atom. The quantitative estimate of drug-likeness (QED) is 0.180. The minimum Gasteiger partial charge on any atom is -0.282 e. The molecular formula is C28H38O2S8. The van der Waals surface area contributed by atoms with Crippen LogP contribution in [-0.4, -0.2) is 64.4 Å². The summed E-state index contributed by atoms with van der Waals surface area (Å²) in [6, 6.07) is 9.25. The number of hydrogen-bond donors (Lipinski definition) is 0. The SMILES string of the molecule is C=C(C)C(=O)SCC1CSC(CSC(C)c2ccc(C(C)SCC3SCC(CSC(=O)C(=C)C)S3)cc2)S1. The zero-order valence-corrected chi connectivity index (χ0v) is 29.0. The van der Waals surface area contributed by atoms with Crippen molar-refractivity contribution < 1.29 is 9.59 Å². The lowest BCUT2D eigenvalue weighted by atomic mass is 10.1. The molecule has 0 aliphatic carbocycles. The molecule has 0 amide bonds. The van der Waals surface area contributed by atoms with Crippen molar-refractivity contribution in [2.75, 3.05) is 34.5 Å². The lowest BCUT2D eigenvalue weighted by Gasteiger charge is -2.17. The fourth-order valence-electron chi connectivity index (χ4n) is 3.63. The average molecular weight is 663 g/mol. The molecule has 2 aliphatic heterocycles. The van der Waals surface area contributed by atoms with Gasteiger partial charge in [0.05, 0.1) is 9.16 Å². The van der Waals surface area contributed by atoms with Crippen LogP contribution in [0.4, 0.5) is 0 Å². The van der Waals surface area contributed by atoms with E-state index < -0.39 is 0 Å². The van der Waals surface area contributed by atoms with E-state index in [9.17, 15) is 9.59 Å². The Kier molecular flexibility index (Phi) is 15.0. The molecule has 2 nitrogen and oxygen atoms in total. The Morgan fingerprint density at radius 3 is 1.47 bits per heavy atom. The van der Waals surface area contributed by atoms with E-state index in [0.717, 1.165) is 34.5 Å². The molecule has 1 aromatic carbocycles. The van der Waals surface area contributed by atoms with Crippen molar-refractivity contribution >= 4 is 104 Å². The van der Waals surface area contributed by atoms with Crippen LogP contribution in [0.1, 0.15) is 49.3 Å². The summed E-state index contributed by atoms with van der Waals surface area (Å²) in [7, 11) is 0. The van der Waals surface area contributed by atoms with Crippen LogP contribution < -0.4 is 0 Å². The fourth-order valence-corrected chi connectivity index (χ4v) is 15.4. The number of carbonyl (C=O) groups excluding carboxylic acids is 2. The monoisotopic (exact) mass is 662 g/mol. The predicted molar refractivity (Wildman–Crippen MR) is 188 cm³/mol. The molecule has 6 atom stereocenters. The van der Waals surface area contributed by atoms with Crippen LogP contribution in [0.5, 0.6) is 0 Å². The molecule has 2 saturated heterocycles. The van der Waals surface area contributed by atoms with Crippen LogP contribution in [0.15, 0.2) is 48.6 Å². The topological polar surface area (TPSA) is 34.1 Å². The maximum Gasteiger partial charge on any atom is 0.214 e. The van der Waals surface area contributed by atoms with Crippen molar-refractivity contribution in [3.63, 3.8) is 0 Å². The number of carbonyl (C=O) groups is 2. The molecule has 0 spiro atoms. The van der Waals surface area contributed by atoms with Crippen molar-refractivity contribution in [3.05, 3.63) is 59.7 Å². The summed E-state index contributed by atoms with van der Waals surface area (Å²) < 4.78 is 1.22. The van der Waals surface area contributed by atoms with Gasteiger partial charge in [0.15, 0.2) is 0 Å².